The Morgan fingerprint density at radius 2 is 0.978 bits per heavy atom. The second-order valence-corrected chi connectivity index (χ2v) is 11.8. The van der Waals surface area contributed by atoms with Gasteiger partial charge in [-0.3, -0.25) is 8.97 Å². The number of para-hydroxylation sites is 3. The lowest BCUT2D eigenvalue weighted by atomic mass is 9.99. The van der Waals surface area contributed by atoms with Crippen LogP contribution in [0.4, 0.5) is 0 Å². The van der Waals surface area contributed by atoms with Gasteiger partial charge in [-0.15, -0.1) is 0 Å². The molecule has 0 spiro atoms. The molecule has 0 saturated carbocycles. The Balaban J connectivity index is 1.48. The van der Waals surface area contributed by atoms with Gasteiger partial charge < -0.3 is 0 Å². The van der Waals surface area contributed by atoms with Gasteiger partial charge in [0.2, 0.25) is 5.95 Å². The van der Waals surface area contributed by atoms with Crippen LogP contribution < -0.4 is 0 Å². The number of pyridine rings is 1. The highest BCUT2D eigenvalue weighted by Crippen LogP contribution is 2.45. The summed E-state index contributed by atoms with van der Waals surface area (Å²) in [6.45, 7) is 0. The second kappa shape index (κ2) is 9.62. The van der Waals surface area contributed by atoms with E-state index in [9.17, 15) is 0 Å². The van der Waals surface area contributed by atoms with E-state index in [1.165, 1.54) is 43.6 Å². The van der Waals surface area contributed by atoms with Crippen LogP contribution in [0.3, 0.4) is 0 Å². The predicted molar refractivity (Wildman–Crippen MR) is 191 cm³/mol. The SMILES string of the molecule is c1ccc(-c2nc(-n3c4ccccc4c4c5ccccc5c5c(-c6ccccc6)c6ccccc6n5c43)nc3ccccc23)cc1. The molecule has 6 aromatic carbocycles. The minimum absolute atomic E-state index is 0.652. The first-order valence-electron chi connectivity index (χ1n) is 15.6. The van der Waals surface area contributed by atoms with Gasteiger partial charge >= 0.3 is 0 Å². The zero-order valence-electron chi connectivity index (χ0n) is 24.8. The van der Waals surface area contributed by atoms with E-state index in [4.69, 9.17) is 9.97 Å². The molecular formula is C42H26N4. The summed E-state index contributed by atoms with van der Waals surface area (Å²) in [4.78, 5) is 10.7. The number of hydrogen-bond acceptors (Lipinski definition) is 2. The molecule has 0 unspecified atom stereocenters. The summed E-state index contributed by atoms with van der Waals surface area (Å²) in [6, 6.07) is 55.8. The first kappa shape index (κ1) is 25.1. The van der Waals surface area contributed by atoms with Crippen molar-refractivity contribution in [2.24, 2.45) is 0 Å². The van der Waals surface area contributed by atoms with Gasteiger partial charge in [-0.2, -0.15) is 0 Å². The lowest BCUT2D eigenvalue weighted by Gasteiger charge is -2.14. The molecule has 0 saturated heterocycles. The molecule has 10 rings (SSSR count). The monoisotopic (exact) mass is 586 g/mol. The number of nitrogens with zero attached hydrogens (tertiary/aromatic N) is 4. The van der Waals surface area contributed by atoms with E-state index in [2.05, 4.69) is 161 Å². The maximum Gasteiger partial charge on any atom is 0.236 e. The summed E-state index contributed by atoms with van der Waals surface area (Å²) in [6.07, 6.45) is 0. The molecule has 0 bridgehead atoms. The molecule has 0 atom stereocenters. The van der Waals surface area contributed by atoms with Crippen LogP contribution in [0.15, 0.2) is 158 Å². The van der Waals surface area contributed by atoms with Crippen molar-refractivity contribution in [2.75, 3.05) is 0 Å². The van der Waals surface area contributed by atoms with Gasteiger partial charge in [0, 0.05) is 38.1 Å². The van der Waals surface area contributed by atoms with Crippen molar-refractivity contribution in [1.29, 1.82) is 0 Å². The smallest absolute Gasteiger partial charge is 0.236 e. The molecule has 46 heavy (non-hydrogen) atoms. The van der Waals surface area contributed by atoms with Gasteiger partial charge in [0.25, 0.3) is 0 Å². The predicted octanol–water partition coefficient (Wildman–Crippen LogP) is 10.6. The van der Waals surface area contributed by atoms with Crippen LogP contribution in [-0.2, 0) is 0 Å². The normalized spacial score (nSPS) is 11.9. The molecule has 4 aromatic heterocycles. The third kappa shape index (κ3) is 3.44. The molecule has 0 N–H and O–H groups in total. The minimum atomic E-state index is 0.652. The van der Waals surface area contributed by atoms with Gasteiger partial charge in [0.15, 0.2) is 0 Å². The Morgan fingerprint density at radius 1 is 0.413 bits per heavy atom. The number of fused-ring (bicyclic) bond motifs is 11. The molecule has 0 amide bonds. The zero-order valence-corrected chi connectivity index (χ0v) is 24.8. The van der Waals surface area contributed by atoms with Gasteiger partial charge in [-0.05, 0) is 29.1 Å². The van der Waals surface area contributed by atoms with E-state index in [0.717, 1.165) is 38.8 Å². The number of aromatic nitrogens is 4. The largest absolute Gasteiger partial charge is 0.294 e. The summed E-state index contributed by atoms with van der Waals surface area (Å²) in [5, 5.41) is 7.05. The highest BCUT2D eigenvalue weighted by Gasteiger charge is 2.25. The second-order valence-electron chi connectivity index (χ2n) is 11.8. The topological polar surface area (TPSA) is 35.1 Å². The first-order valence-corrected chi connectivity index (χ1v) is 15.6. The highest BCUT2D eigenvalue weighted by molar-refractivity contribution is 6.27. The fourth-order valence-corrected chi connectivity index (χ4v) is 7.41. The van der Waals surface area contributed by atoms with Crippen molar-refractivity contribution in [3.8, 4) is 28.3 Å². The van der Waals surface area contributed by atoms with Crippen LogP contribution in [0.2, 0.25) is 0 Å². The summed E-state index contributed by atoms with van der Waals surface area (Å²) >= 11 is 0. The molecule has 0 aliphatic carbocycles. The fraction of sp³-hybridized carbons (Fsp3) is 0. The molecule has 4 heteroatoms. The van der Waals surface area contributed by atoms with Crippen molar-refractivity contribution in [3.63, 3.8) is 0 Å². The van der Waals surface area contributed by atoms with E-state index in [1.54, 1.807) is 0 Å². The Bertz CT molecular complexity index is 2790. The number of rotatable bonds is 3. The van der Waals surface area contributed by atoms with Crippen LogP contribution in [-0.4, -0.2) is 18.9 Å². The molecule has 4 heterocycles. The summed E-state index contributed by atoms with van der Waals surface area (Å²) in [7, 11) is 0. The molecular weight excluding hydrogens is 560 g/mol. The zero-order chi connectivity index (χ0) is 30.2. The number of benzene rings is 6. The quantitative estimate of drug-likeness (QED) is 0.206. The summed E-state index contributed by atoms with van der Waals surface area (Å²) < 4.78 is 4.74. The first-order chi connectivity index (χ1) is 22.9. The number of hydrogen-bond donors (Lipinski definition) is 0. The Hall–Kier alpha value is -6.26. The van der Waals surface area contributed by atoms with E-state index in [-0.39, 0.29) is 0 Å². The lowest BCUT2D eigenvalue weighted by Crippen LogP contribution is -2.06. The van der Waals surface area contributed by atoms with Crippen LogP contribution in [0, 0.1) is 0 Å². The molecule has 0 aliphatic rings. The third-order valence-electron chi connectivity index (χ3n) is 9.29. The van der Waals surface area contributed by atoms with Crippen molar-refractivity contribution in [3.05, 3.63) is 158 Å². The van der Waals surface area contributed by atoms with E-state index < -0.39 is 0 Å². The Kier molecular flexibility index (Phi) is 5.25. The maximum atomic E-state index is 5.38. The lowest BCUT2D eigenvalue weighted by molar-refractivity contribution is 0.992. The molecule has 0 aliphatic heterocycles. The fourth-order valence-electron chi connectivity index (χ4n) is 7.41. The minimum Gasteiger partial charge on any atom is -0.294 e. The standard InChI is InChI=1S/C42H26N4/c1-3-15-27(16-4-1)37-32-22-10-13-25-35(32)45-40(37)30-20-8-7-19-29(30)38-33-23-11-14-26-36(33)46(41(38)45)42-43-34-24-12-9-21-31(34)39(44-42)28-17-5-2-6-18-28/h1-26H. The van der Waals surface area contributed by atoms with Crippen LogP contribution in [0.1, 0.15) is 0 Å². The van der Waals surface area contributed by atoms with E-state index in [0.29, 0.717) is 5.95 Å². The van der Waals surface area contributed by atoms with Crippen molar-refractivity contribution >= 4 is 60.0 Å². The molecule has 10 aromatic rings. The molecule has 214 valence electrons. The Labute approximate surface area is 264 Å². The maximum absolute atomic E-state index is 5.38. The summed E-state index contributed by atoms with van der Waals surface area (Å²) in [5.41, 5.74) is 9.80. The van der Waals surface area contributed by atoms with Gasteiger partial charge in [-0.25, -0.2) is 9.97 Å². The van der Waals surface area contributed by atoms with Crippen molar-refractivity contribution in [1.82, 2.24) is 18.9 Å². The highest BCUT2D eigenvalue weighted by atomic mass is 15.2. The van der Waals surface area contributed by atoms with Crippen molar-refractivity contribution < 1.29 is 0 Å². The van der Waals surface area contributed by atoms with Crippen molar-refractivity contribution in [2.45, 2.75) is 0 Å². The molecule has 0 fully saturated rings. The molecule has 4 nitrogen and oxygen atoms in total. The van der Waals surface area contributed by atoms with Gasteiger partial charge in [0.05, 0.1) is 27.8 Å². The van der Waals surface area contributed by atoms with Crippen LogP contribution in [0.25, 0.3) is 88.4 Å². The van der Waals surface area contributed by atoms with E-state index >= 15 is 0 Å². The Morgan fingerprint density at radius 3 is 1.74 bits per heavy atom. The average molecular weight is 587 g/mol. The van der Waals surface area contributed by atoms with E-state index in [1.807, 2.05) is 6.07 Å². The van der Waals surface area contributed by atoms with Gasteiger partial charge in [0.1, 0.15) is 5.65 Å². The summed E-state index contributed by atoms with van der Waals surface area (Å²) in [5.74, 6) is 0.652. The van der Waals surface area contributed by atoms with Gasteiger partial charge in [-0.1, -0.05) is 140 Å². The average Bonchev–Trinajstić information content (AvgIpc) is 3.66. The third-order valence-corrected chi connectivity index (χ3v) is 9.29. The van der Waals surface area contributed by atoms with Crippen LogP contribution in [0.5, 0.6) is 0 Å². The molecule has 0 radical (unpaired) electrons. The van der Waals surface area contributed by atoms with Crippen LogP contribution >= 0.6 is 0 Å².